The number of aliphatic hydroxyl groups excluding tert-OH is 1. The number of carboxylic acid groups (broad SMARTS) is 1. The molecule has 0 fully saturated rings. The SMILES string of the molecule is CC(C)C(NC(=O)C(N)CCCN=C(N)N)C(=O)NC(Cc1ccccc1)C(=O)NC(C(=O)O)C(C)O. The van der Waals surface area contributed by atoms with E-state index in [0.717, 1.165) is 0 Å². The molecule has 13 nitrogen and oxygen atoms in total. The van der Waals surface area contributed by atoms with Crippen LogP contribution in [0, 0.1) is 5.92 Å². The number of hydrogen-bond donors (Lipinski definition) is 8. The van der Waals surface area contributed by atoms with Crippen molar-refractivity contribution >= 4 is 29.7 Å². The van der Waals surface area contributed by atoms with Crippen molar-refractivity contribution in [3.63, 3.8) is 0 Å². The number of guanidine groups is 1. The first-order chi connectivity index (χ1) is 17.3. The Kier molecular flexibility index (Phi) is 13.0. The molecule has 0 heterocycles. The number of aliphatic imine (C=N–C) groups is 1. The van der Waals surface area contributed by atoms with Crippen LogP contribution in [0.2, 0.25) is 0 Å². The Bertz CT molecular complexity index is 935. The van der Waals surface area contributed by atoms with Crippen molar-refractivity contribution in [2.75, 3.05) is 6.54 Å². The molecule has 37 heavy (non-hydrogen) atoms. The zero-order valence-corrected chi connectivity index (χ0v) is 21.4. The van der Waals surface area contributed by atoms with Gasteiger partial charge in [-0.05, 0) is 31.2 Å². The molecule has 11 N–H and O–H groups in total. The summed E-state index contributed by atoms with van der Waals surface area (Å²) in [6.45, 7) is 4.97. The Morgan fingerprint density at radius 2 is 1.51 bits per heavy atom. The highest BCUT2D eigenvalue weighted by Gasteiger charge is 2.33. The van der Waals surface area contributed by atoms with Gasteiger partial charge in [-0.2, -0.15) is 0 Å². The van der Waals surface area contributed by atoms with E-state index >= 15 is 0 Å². The number of amides is 3. The summed E-state index contributed by atoms with van der Waals surface area (Å²) in [7, 11) is 0. The van der Waals surface area contributed by atoms with Crippen LogP contribution in [-0.4, -0.2) is 76.7 Å². The van der Waals surface area contributed by atoms with E-state index in [9.17, 15) is 29.4 Å². The molecule has 5 unspecified atom stereocenters. The lowest BCUT2D eigenvalue weighted by atomic mass is 10.00. The summed E-state index contributed by atoms with van der Waals surface area (Å²) in [4.78, 5) is 54.1. The van der Waals surface area contributed by atoms with Gasteiger partial charge in [0.05, 0.1) is 12.1 Å². The van der Waals surface area contributed by atoms with Crippen molar-refractivity contribution in [2.45, 2.75) is 70.3 Å². The minimum Gasteiger partial charge on any atom is -0.480 e. The van der Waals surface area contributed by atoms with Gasteiger partial charge in [0.2, 0.25) is 17.7 Å². The Morgan fingerprint density at radius 3 is 2.03 bits per heavy atom. The molecular formula is C24H39N7O6. The van der Waals surface area contributed by atoms with Gasteiger partial charge < -0.3 is 43.4 Å². The van der Waals surface area contributed by atoms with Crippen LogP contribution < -0.4 is 33.2 Å². The number of carbonyl (C=O) groups excluding carboxylic acids is 3. The van der Waals surface area contributed by atoms with Gasteiger partial charge in [0.1, 0.15) is 12.1 Å². The highest BCUT2D eigenvalue weighted by Crippen LogP contribution is 2.08. The van der Waals surface area contributed by atoms with E-state index in [0.29, 0.717) is 18.5 Å². The first-order valence-corrected chi connectivity index (χ1v) is 12.0. The molecule has 0 aliphatic heterocycles. The third-order valence-corrected chi connectivity index (χ3v) is 5.51. The predicted molar refractivity (Wildman–Crippen MR) is 138 cm³/mol. The Labute approximate surface area is 216 Å². The van der Waals surface area contributed by atoms with Crippen LogP contribution >= 0.6 is 0 Å². The van der Waals surface area contributed by atoms with E-state index < -0.39 is 54.0 Å². The van der Waals surface area contributed by atoms with E-state index in [1.54, 1.807) is 44.2 Å². The highest BCUT2D eigenvalue weighted by atomic mass is 16.4. The topological polar surface area (TPSA) is 235 Å². The quantitative estimate of drug-likeness (QED) is 0.0736. The van der Waals surface area contributed by atoms with Gasteiger partial charge in [0.25, 0.3) is 0 Å². The second-order valence-corrected chi connectivity index (χ2v) is 9.10. The standard InChI is InChI=1S/C24H39N7O6/c1-13(2)18(30-20(33)16(25)10-7-11-28-24(26)27)22(35)29-17(12-15-8-5-4-6-9-15)21(34)31-19(14(3)32)23(36)37/h4-6,8-9,13-14,16-19,32H,7,10-12,25H2,1-3H3,(H,29,35)(H,30,33)(H,31,34)(H,36,37)(H4,26,27,28). The fourth-order valence-corrected chi connectivity index (χ4v) is 3.41. The highest BCUT2D eigenvalue weighted by molar-refractivity contribution is 5.94. The van der Waals surface area contributed by atoms with E-state index in [1.807, 2.05) is 0 Å². The summed E-state index contributed by atoms with van der Waals surface area (Å²) in [6, 6.07) is 4.13. The number of hydrogen-bond acceptors (Lipinski definition) is 7. The van der Waals surface area contributed by atoms with Gasteiger partial charge in [-0.3, -0.25) is 19.4 Å². The molecule has 1 aromatic carbocycles. The van der Waals surface area contributed by atoms with Crippen LogP contribution in [0.3, 0.4) is 0 Å². The lowest BCUT2D eigenvalue weighted by Crippen LogP contribution is -2.59. The maximum atomic E-state index is 13.2. The van der Waals surface area contributed by atoms with Gasteiger partial charge in [-0.25, -0.2) is 4.79 Å². The molecule has 1 rings (SSSR count). The zero-order chi connectivity index (χ0) is 28.1. The summed E-state index contributed by atoms with van der Waals surface area (Å²) in [5, 5.41) is 26.6. The summed E-state index contributed by atoms with van der Waals surface area (Å²) in [6.07, 6.45) is -0.582. The maximum absolute atomic E-state index is 13.2. The number of aliphatic hydroxyl groups is 1. The average molecular weight is 522 g/mol. The maximum Gasteiger partial charge on any atom is 0.328 e. The fraction of sp³-hybridized carbons (Fsp3) is 0.542. The van der Waals surface area contributed by atoms with Crippen LogP contribution in [0.4, 0.5) is 0 Å². The van der Waals surface area contributed by atoms with Crippen molar-refractivity contribution in [1.82, 2.24) is 16.0 Å². The van der Waals surface area contributed by atoms with Gasteiger partial charge in [-0.1, -0.05) is 44.2 Å². The Balaban J connectivity index is 2.99. The Morgan fingerprint density at radius 1 is 0.919 bits per heavy atom. The molecule has 3 amide bonds. The largest absolute Gasteiger partial charge is 0.480 e. The number of nitrogens with two attached hydrogens (primary N) is 3. The first-order valence-electron chi connectivity index (χ1n) is 12.0. The average Bonchev–Trinajstić information content (AvgIpc) is 2.82. The number of aliphatic carboxylic acids is 1. The number of benzene rings is 1. The van der Waals surface area contributed by atoms with E-state index in [-0.39, 0.29) is 24.7 Å². The molecule has 0 aromatic heterocycles. The lowest BCUT2D eigenvalue weighted by molar-refractivity contribution is -0.145. The normalized spacial score (nSPS) is 15.0. The number of rotatable bonds is 15. The molecule has 0 spiro atoms. The molecular weight excluding hydrogens is 482 g/mol. The molecule has 13 heteroatoms. The zero-order valence-electron chi connectivity index (χ0n) is 21.4. The van der Waals surface area contributed by atoms with Gasteiger partial charge >= 0.3 is 5.97 Å². The van der Waals surface area contributed by atoms with Crippen molar-refractivity contribution in [1.29, 1.82) is 0 Å². The van der Waals surface area contributed by atoms with Gasteiger partial charge in [0.15, 0.2) is 12.0 Å². The van der Waals surface area contributed by atoms with Crippen molar-refractivity contribution in [3.05, 3.63) is 35.9 Å². The van der Waals surface area contributed by atoms with Crippen molar-refractivity contribution < 1.29 is 29.4 Å². The molecule has 0 saturated heterocycles. The number of carboxylic acids is 1. The molecule has 0 bridgehead atoms. The molecule has 0 aliphatic rings. The second kappa shape index (κ2) is 15.4. The summed E-state index contributed by atoms with van der Waals surface area (Å²) in [5.41, 5.74) is 17.2. The molecule has 206 valence electrons. The third-order valence-electron chi connectivity index (χ3n) is 5.51. The van der Waals surface area contributed by atoms with Gasteiger partial charge in [0, 0.05) is 13.0 Å². The monoisotopic (exact) mass is 521 g/mol. The first kappa shape index (κ1) is 31.3. The van der Waals surface area contributed by atoms with Crippen LogP contribution in [0.1, 0.15) is 39.2 Å². The minimum absolute atomic E-state index is 0.0492. The number of nitrogens with one attached hydrogen (secondary N) is 3. The molecule has 0 aliphatic carbocycles. The van der Waals surface area contributed by atoms with E-state index in [1.165, 1.54) is 6.92 Å². The molecule has 5 atom stereocenters. The summed E-state index contributed by atoms with van der Waals surface area (Å²) < 4.78 is 0. The molecule has 0 radical (unpaired) electrons. The number of nitrogens with zero attached hydrogens (tertiary/aromatic N) is 1. The lowest BCUT2D eigenvalue weighted by Gasteiger charge is -2.27. The van der Waals surface area contributed by atoms with Crippen LogP contribution in [0.25, 0.3) is 0 Å². The van der Waals surface area contributed by atoms with Crippen LogP contribution in [0.5, 0.6) is 0 Å². The Hall–Kier alpha value is -3.71. The van der Waals surface area contributed by atoms with E-state index in [2.05, 4.69) is 20.9 Å². The fourth-order valence-electron chi connectivity index (χ4n) is 3.41. The van der Waals surface area contributed by atoms with Crippen molar-refractivity contribution in [2.24, 2.45) is 28.1 Å². The summed E-state index contributed by atoms with van der Waals surface area (Å²) >= 11 is 0. The van der Waals surface area contributed by atoms with Crippen LogP contribution in [0.15, 0.2) is 35.3 Å². The molecule has 1 aromatic rings. The molecule has 0 saturated carbocycles. The number of carbonyl (C=O) groups is 4. The smallest absolute Gasteiger partial charge is 0.328 e. The predicted octanol–water partition coefficient (Wildman–Crippen LogP) is -1.81. The minimum atomic E-state index is -1.57. The van der Waals surface area contributed by atoms with Crippen LogP contribution in [-0.2, 0) is 25.6 Å². The van der Waals surface area contributed by atoms with Crippen molar-refractivity contribution in [3.8, 4) is 0 Å². The van der Waals surface area contributed by atoms with E-state index in [4.69, 9.17) is 17.2 Å². The second-order valence-electron chi connectivity index (χ2n) is 9.10. The van der Waals surface area contributed by atoms with Gasteiger partial charge in [-0.15, -0.1) is 0 Å². The third kappa shape index (κ3) is 11.3. The summed E-state index contributed by atoms with van der Waals surface area (Å²) in [5.74, 6) is -3.84.